The highest BCUT2D eigenvalue weighted by molar-refractivity contribution is 7.85. The molecule has 0 radical (unpaired) electrons. The van der Waals surface area contributed by atoms with E-state index in [0.717, 1.165) is 12.1 Å². The first-order valence-corrected chi connectivity index (χ1v) is 15.3. The molecule has 0 atom stereocenters. The monoisotopic (exact) mass is 623 g/mol. The molecule has 0 aliphatic rings. The van der Waals surface area contributed by atoms with Crippen molar-refractivity contribution < 1.29 is 39.1 Å². The molecule has 8 heteroatoms. The molecular formula is C28H34INO5S. The Morgan fingerprint density at radius 2 is 1.14 bits per heavy atom. The first-order chi connectivity index (χ1) is 16.7. The summed E-state index contributed by atoms with van der Waals surface area (Å²) in [5, 5.41) is 10.3. The van der Waals surface area contributed by atoms with Gasteiger partial charge < -0.3 is 4.55 Å². The maximum absolute atomic E-state index is 10.5. The number of nitro benzene ring substituents is 1. The molecule has 0 amide bonds. The lowest BCUT2D eigenvalue weighted by Crippen LogP contribution is -3.61. The molecule has 3 rings (SSSR count). The summed E-state index contributed by atoms with van der Waals surface area (Å²) < 4.78 is 34.5. The third-order valence-corrected chi connectivity index (χ3v) is 10.1. The molecule has 0 heterocycles. The van der Waals surface area contributed by atoms with E-state index in [9.17, 15) is 23.1 Å². The van der Waals surface area contributed by atoms with Gasteiger partial charge in [-0.15, -0.1) is 0 Å². The van der Waals surface area contributed by atoms with Crippen LogP contribution >= 0.6 is 0 Å². The fourth-order valence-electron chi connectivity index (χ4n) is 3.28. The number of rotatable bonds is 8. The molecule has 0 saturated carbocycles. The second-order valence-electron chi connectivity index (χ2n) is 9.76. The quantitative estimate of drug-likeness (QED) is 0.165. The van der Waals surface area contributed by atoms with Crippen molar-refractivity contribution in [2.45, 2.75) is 70.1 Å². The zero-order valence-corrected chi connectivity index (χ0v) is 24.6. The molecule has 0 N–H and O–H groups in total. The SMILES string of the molecule is CCC(C)(C)c1ccc([I+]c2ccc(C(C)(C)CC)cc2)cc1.O=[N+]([O-])c1ccccc1S(=O)(=O)[O-]. The van der Waals surface area contributed by atoms with E-state index in [1.807, 2.05) is 0 Å². The number of para-hydroxylation sites is 1. The summed E-state index contributed by atoms with van der Waals surface area (Å²) in [6.07, 6.45) is 2.35. The largest absolute Gasteiger partial charge is 0.744 e. The summed E-state index contributed by atoms with van der Waals surface area (Å²) in [5.74, 6) is 0. The Kier molecular flexibility index (Phi) is 10.2. The van der Waals surface area contributed by atoms with Crippen molar-refractivity contribution >= 4 is 15.8 Å². The standard InChI is InChI=1S/C22H30I.C6H5NO5S/c1-7-21(3,4)17-9-13-19(14-10-17)23-20-15-11-18(12-16-20)22(5,6)8-2;8-7(9)5-3-1-2-4-6(5)13(10,11)12/h9-16H,7-8H2,1-6H3;1-4H,(H,10,11,12)/q+1;/p-1. The van der Waals surface area contributed by atoms with Crippen molar-refractivity contribution in [3.63, 3.8) is 0 Å². The van der Waals surface area contributed by atoms with Crippen LogP contribution < -0.4 is 21.2 Å². The molecule has 3 aromatic rings. The van der Waals surface area contributed by atoms with Crippen LogP contribution in [0.25, 0.3) is 0 Å². The highest BCUT2D eigenvalue weighted by atomic mass is 127. The molecule has 0 fully saturated rings. The molecule has 3 aromatic carbocycles. The second-order valence-corrected chi connectivity index (χ2v) is 14.1. The fraction of sp³-hybridized carbons (Fsp3) is 0.357. The summed E-state index contributed by atoms with van der Waals surface area (Å²) in [7, 11) is -4.77. The molecule has 0 saturated heterocycles. The van der Waals surface area contributed by atoms with Crippen molar-refractivity contribution in [3.05, 3.63) is 101 Å². The van der Waals surface area contributed by atoms with Crippen molar-refractivity contribution in [1.82, 2.24) is 0 Å². The Hall–Kier alpha value is -2.30. The van der Waals surface area contributed by atoms with Gasteiger partial charge in [0.1, 0.15) is 15.0 Å². The van der Waals surface area contributed by atoms with Crippen LogP contribution in [0.15, 0.2) is 77.7 Å². The predicted molar refractivity (Wildman–Crippen MR) is 138 cm³/mol. The van der Waals surface area contributed by atoms with E-state index >= 15 is 0 Å². The molecule has 0 bridgehead atoms. The van der Waals surface area contributed by atoms with Gasteiger partial charge in [-0.1, -0.05) is 77.9 Å². The molecule has 0 unspecified atom stereocenters. The van der Waals surface area contributed by atoms with Gasteiger partial charge in [0.25, 0.3) is 5.69 Å². The minimum absolute atomic E-state index is 0.0793. The van der Waals surface area contributed by atoms with Crippen LogP contribution in [0, 0.1) is 17.3 Å². The van der Waals surface area contributed by atoms with Crippen molar-refractivity contribution in [1.29, 1.82) is 0 Å². The van der Waals surface area contributed by atoms with Crippen LogP contribution in [0.4, 0.5) is 5.69 Å². The number of nitrogens with zero attached hydrogens (tertiary/aromatic N) is 1. The number of halogens is 1. The van der Waals surface area contributed by atoms with Gasteiger partial charge in [-0.3, -0.25) is 10.1 Å². The third-order valence-electron chi connectivity index (χ3n) is 6.57. The van der Waals surface area contributed by atoms with E-state index in [2.05, 4.69) is 90.1 Å². The maximum atomic E-state index is 10.5. The van der Waals surface area contributed by atoms with E-state index in [1.54, 1.807) is 0 Å². The molecule has 0 spiro atoms. The smallest absolute Gasteiger partial charge is 0.357 e. The van der Waals surface area contributed by atoms with Gasteiger partial charge in [0, 0.05) is 6.07 Å². The third kappa shape index (κ3) is 8.11. The molecule has 194 valence electrons. The zero-order valence-electron chi connectivity index (χ0n) is 21.6. The molecule has 0 aliphatic heterocycles. The van der Waals surface area contributed by atoms with Gasteiger partial charge in [-0.2, -0.15) is 0 Å². The molecular weight excluding hydrogens is 589 g/mol. The Morgan fingerprint density at radius 3 is 1.44 bits per heavy atom. The van der Waals surface area contributed by atoms with E-state index in [0.29, 0.717) is 0 Å². The summed E-state index contributed by atoms with van der Waals surface area (Å²) >= 11 is -0.0793. The average molecular weight is 624 g/mol. The maximum Gasteiger partial charge on any atom is 0.357 e. The lowest BCUT2D eigenvalue weighted by molar-refractivity contribution is -0.597. The molecule has 0 aliphatic carbocycles. The topological polar surface area (TPSA) is 100 Å². The highest BCUT2D eigenvalue weighted by Crippen LogP contribution is 2.27. The molecule has 6 nitrogen and oxygen atoms in total. The summed E-state index contributed by atoms with van der Waals surface area (Å²) in [6, 6.07) is 23.1. The van der Waals surface area contributed by atoms with Crippen LogP contribution in [0.1, 0.15) is 65.5 Å². The van der Waals surface area contributed by atoms with Crippen LogP contribution in [-0.4, -0.2) is 17.9 Å². The summed E-state index contributed by atoms with van der Waals surface area (Å²) in [5.41, 5.74) is 2.77. The van der Waals surface area contributed by atoms with Gasteiger partial charge >= 0.3 is 21.2 Å². The highest BCUT2D eigenvalue weighted by Gasteiger charge is 2.22. The minimum Gasteiger partial charge on any atom is -0.744 e. The van der Waals surface area contributed by atoms with E-state index in [-0.39, 0.29) is 32.0 Å². The van der Waals surface area contributed by atoms with Crippen LogP contribution in [0.5, 0.6) is 0 Å². The van der Waals surface area contributed by atoms with Gasteiger partial charge in [-0.25, -0.2) is 8.42 Å². The fourth-order valence-corrected chi connectivity index (χ4v) is 6.08. The van der Waals surface area contributed by atoms with Gasteiger partial charge in [0.15, 0.2) is 7.14 Å². The predicted octanol–water partition coefficient (Wildman–Crippen LogP) is 3.69. The first kappa shape index (κ1) is 29.9. The first-order valence-electron chi connectivity index (χ1n) is 11.8. The number of nitro groups is 1. The second kappa shape index (κ2) is 12.3. The number of hydrogen-bond donors (Lipinski definition) is 0. The van der Waals surface area contributed by atoms with Crippen LogP contribution in [0.3, 0.4) is 0 Å². The normalized spacial score (nSPS) is 12.0. The van der Waals surface area contributed by atoms with Crippen LogP contribution in [-0.2, 0) is 20.9 Å². The minimum atomic E-state index is -4.77. The Labute approximate surface area is 225 Å². The van der Waals surface area contributed by atoms with E-state index in [1.165, 1.54) is 43.2 Å². The van der Waals surface area contributed by atoms with Crippen molar-refractivity contribution in [2.24, 2.45) is 0 Å². The molecule has 0 aromatic heterocycles. The number of benzene rings is 3. The zero-order chi connectivity index (χ0) is 27.1. The Balaban J connectivity index is 0.000000297. The lowest BCUT2D eigenvalue weighted by Gasteiger charge is -2.23. The Bertz CT molecular complexity index is 1210. The van der Waals surface area contributed by atoms with Crippen molar-refractivity contribution in [3.8, 4) is 0 Å². The summed E-state index contributed by atoms with van der Waals surface area (Å²) in [6.45, 7) is 13.8. The number of hydrogen-bond acceptors (Lipinski definition) is 5. The van der Waals surface area contributed by atoms with Gasteiger partial charge in [-0.05, 0) is 65.1 Å². The Morgan fingerprint density at radius 1 is 0.750 bits per heavy atom. The summed E-state index contributed by atoms with van der Waals surface area (Å²) in [4.78, 5) is 8.55. The van der Waals surface area contributed by atoms with E-state index in [4.69, 9.17) is 0 Å². The average Bonchev–Trinajstić information content (AvgIpc) is 2.84. The molecule has 36 heavy (non-hydrogen) atoms. The van der Waals surface area contributed by atoms with E-state index < -0.39 is 25.6 Å². The van der Waals surface area contributed by atoms with Gasteiger partial charge in [0.05, 0.1) is 4.92 Å². The van der Waals surface area contributed by atoms with Gasteiger partial charge in [0.2, 0.25) is 0 Å². The van der Waals surface area contributed by atoms with Crippen molar-refractivity contribution in [2.75, 3.05) is 0 Å². The van der Waals surface area contributed by atoms with Crippen LogP contribution in [0.2, 0.25) is 0 Å². The lowest BCUT2D eigenvalue weighted by atomic mass is 9.82.